The average Bonchev–Trinajstić information content (AvgIpc) is 3.60. The number of imide groups is 2. The minimum atomic E-state index is -1.54. The van der Waals surface area contributed by atoms with Gasteiger partial charge in [0.2, 0.25) is 11.8 Å². The third-order valence-corrected chi connectivity index (χ3v) is 12.5. The maximum Gasteiger partial charge on any atom is 0.260 e. The Morgan fingerprint density at radius 1 is 0.807 bits per heavy atom. The molecule has 2 aliphatic carbocycles. The molecule has 2 saturated heterocycles. The first-order valence-electron chi connectivity index (χ1n) is 18.7. The molecule has 1 saturated carbocycles. The Balaban J connectivity index is 1.15. The molecule has 2 heterocycles. The Morgan fingerprint density at radius 2 is 1.49 bits per heavy atom. The Labute approximate surface area is 332 Å². The summed E-state index contributed by atoms with van der Waals surface area (Å²) in [4.78, 5) is 73.4. The van der Waals surface area contributed by atoms with Crippen LogP contribution in [0.5, 0.6) is 5.75 Å². The maximum atomic E-state index is 15.3. The average molecular weight is 780 g/mol. The summed E-state index contributed by atoms with van der Waals surface area (Å²) in [6.07, 6.45) is 2.25. The second-order valence-electron chi connectivity index (χ2n) is 15.2. The number of anilines is 2. The van der Waals surface area contributed by atoms with E-state index >= 15 is 4.79 Å². The second kappa shape index (κ2) is 13.7. The number of aryl methyl sites for hydroxylation is 1. The molecular weight excluding hydrogens is 745 g/mol. The number of carbonyl (C=O) groups excluding carboxylic acids is 5. The maximum absolute atomic E-state index is 15.3. The van der Waals surface area contributed by atoms with Crippen molar-refractivity contribution in [3.05, 3.63) is 172 Å². The number of nitrogens with zero attached hydrogens (tertiary/aromatic N) is 2. The number of ketones is 1. The predicted octanol–water partition coefficient (Wildman–Crippen LogP) is 7.91. The van der Waals surface area contributed by atoms with Gasteiger partial charge < -0.3 is 5.11 Å². The lowest BCUT2D eigenvalue weighted by atomic mass is 9.49. The van der Waals surface area contributed by atoms with Gasteiger partial charge >= 0.3 is 0 Å². The van der Waals surface area contributed by atoms with Crippen LogP contribution in [0, 0.1) is 36.4 Å². The highest BCUT2D eigenvalue weighted by Gasteiger charge is 2.70. The lowest BCUT2D eigenvalue weighted by molar-refractivity contribution is -0.138. The van der Waals surface area contributed by atoms with Crippen LogP contribution in [0.2, 0.25) is 5.02 Å². The van der Waals surface area contributed by atoms with Gasteiger partial charge in [0.15, 0.2) is 5.78 Å². The first-order valence-corrected chi connectivity index (χ1v) is 19.1. The van der Waals surface area contributed by atoms with E-state index in [-0.39, 0.29) is 30.3 Å². The molecule has 2 N–H and O–H groups in total. The second-order valence-corrected chi connectivity index (χ2v) is 15.6. The van der Waals surface area contributed by atoms with Gasteiger partial charge in [-0.15, -0.1) is 0 Å². The molecule has 9 rings (SSSR count). The summed E-state index contributed by atoms with van der Waals surface area (Å²) in [6, 6.07) is 32.4. The zero-order valence-corrected chi connectivity index (χ0v) is 31.3. The lowest BCUT2D eigenvalue weighted by Gasteiger charge is -2.50. The van der Waals surface area contributed by atoms with Crippen LogP contribution in [-0.2, 0) is 24.6 Å². The minimum Gasteiger partial charge on any atom is -0.508 e. The first-order chi connectivity index (χ1) is 27.5. The van der Waals surface area contributed by atoms with Crippen molar-refractivity contribution >= 4 is 52.4 Å². The molecule has 57 heavy (non-hydrogen) atoms. The van der Waals surface area contributed by atoms with E-state index in [9.17, 15) is 28.7 Å². The zero-order valence-electron chi connectivity index (χ0n) is 30.6. The minimum absolute atomic E-state index is 0.0537. The van der Waals surface area contributed by atoms with Crippen molar-refractivity contribution in [2.75, 3.05) is 10.3 Å². The SMILES string of the molecule is Cc1cc([C@H]2C3=CC[C@@H]4C(=O)N(c5ccc(C(=O)c6ccccc6)cc5)C(=O)[C@@H]4[C@@H]3C[C@H]3C(=O)N(Nc4ccc(F)cc4)C(=O)[C@@]23c2ccc(Cl)cc2)ccc1O. The number of hydrogen-bond donors (Lipinski definition) is 2. The molecule has 5 aromatic rings. The summed E-state index contributed by atoms with van der Waals surface area (Å²) in [7, 11) is 0. The molecule has 5 aromatic carbocycles. The standard InChI is InChI=1S/C46H35ClFN3O6/c1-25-23-28(9-22-38(25)52)40-34-20-21-35-39(44(56)50(42(35)54)33-18-7-27(8-19-33)41(53)26-5-3-2-4-6-26)36(34)24-37-43(55)51(49-32-16-14-31(48)15-17-32)45(57)46(37,40)29-10-12-30(47)13-11-29/h2-20,22-23,35-37,39-40,49,52H,21,24H2,1H3/t35-,36+,37-,39-,40-,46+/m0/s1. The number of fused-ring (bicyclic) bond motifs is 4. The Kier molecular flexibility index (Phi) is 8.69. The number of aromatic hydroxyl groups is 1. The fourth-order valence-electron chi connectivity index (χ4n) is 9.66. The molecule has 0 spiro atoms. The van der Waals surface area contributed by atoms with Gasteiger partial charge in [0.25, 0.3) is 11.8 Å². The smallest absolute Gasteiger partial charge is 0.260 e. The van der Waals surface area contributed by atoms with Crippen LogP contribution in [0.1, 0.15) is 51.4 Å². The third-order valence-electron chi connectivity index (χ3n) is 12.2. The molecule has 4 aliphatic rings. The van der Waals surface area contributed by atoms with Crippen LogP contribution in [-0.4, -0.2) is 39.5 Å². The Bertz CT molecular complexity index is 2520. The Morgan fingerprint density at radius 3 is 2.18 bits per heavy atom. The summed E-state index contributed by atoms with van der Waals surface area (Å²) < 4.78 is 13.9. The quantitative estimate of drug-likeness (QED) is 0.0978. The molecule has 0 unspecified atom stereocenters. The summed E-state index contributed by atoms with van der Waals surface area (Å²) in [5, 5.41) is 12.0. The van der Waals surface area contributed by atoms with Gasteiger partial charge in [-0.1, -0.05) is 77.8 Å². The molecule has 4 amide bonds. The van der Waals surface area contributed by atoms with Crippen molar-refractivity contribution in [3.8, 4) is 5.75 Å². The molecule has 11 heteroatoms. The van der Waals surface area contributed by atoms with Crippen molar-refractivity contribution in [1.29, 1.82) is 0 Å². The van der Waals surface area contributed by atoms with E-state index in [1.54, 1.807) is 97.9 Å². The predicted molar refractivity (Wildman–Crippen MR) is 211 cm³/mol. The summed E-state index contributed by atoms with van der Waals surface area (Å²) >= 11 is 6.38. The molecule has 284 valence electrons. The van der Waals surface area contributed by atoms with Gasteiger partial charge in [0, 0.05) is 22.1 Å². The van der Waals surface area contributed by atoms with E-state index < -0.39 is 58.5 Å². The highest BCUT2D eigenvalue weighted by atomic mass is 35.5. The van der Waals surface area contributed by atoms with Gasteiger partial charge in [-0.2, -0.15) is 5.01 Å². The normalized spacial score (nSPS) is 25.2. The van der Waals surface area contributed by atoms with Crippen molar-refractivity contribution in [2.45, 2.75) is 31.1 Å². The number of nitrogens with one attached hydrogen (secondary N) is 1. The summed E-state index contributed by atoms with van der Waals surface area (Å²) in [5.41, 5.74) is 5.48. The van der Waals surface area contributed by atoms with E-state index in [0.29, 0.717) is 44.2 Å². The first kappa shape index (κ1) is 36.3. The number of allylic oxidation sites excluding steroid dienone is 2. The molecule has 0 radical (unpaired) electrons. The molecule has 6 atom stereocenters. The van der Waals surface area contributed by atoms with Gasteiger partial charge in [0.05, 0.1) is 34.5 Å². The van der Waals surface area contributed by atoms with Gasteiger partial charge in [-0.05, 0) is 109 Å². The van der Waals surface area contributed by atoms with E-state index in [0.717, 1.165) is 10.6 Å². The zero-order chi connectivity index (χ0) is 39.7. The van der Waals surface area contributed by atoms with Crippen LogP contribution in [0.25, 0.3) is 0 Å². The van der Waals surface area contributed by atoms with E-state index in [1.165, 1.54) is 29.2 Å². The summed E-state index contributed by atoms with van der Waals surface area (Å²) in [6.45, 7) is 1.75. The number of amides is 4. The van der Waals surface area contributed by atoms with Crippen LogP contribution in [0.15, 0.2) is 133 Å². The van der Waals surface area contributed by atoms with E-state index in [4.69, 9.17) is 11.6 Å². The van der Waals surface area contributed by atoms with Crippen molar-refractivity contribution in [2.24, 2.45) is 23.7 Å². The summed E-state index contributed by atoms with van der Waals surface area (Å²) in [5.74, 6) is -6.48. The molecule has 3 fully saturated rings. The highest BCUT2D eigenvalue weighted by molar-refractivity contribution is 6.30. The number of hydrazine groups is 1. The number of hydrogen-bond acceptors (Lipinski definition) is 7. The molecule has 0 bridgehead atoms. The molecule has 2 aliphatic heterocycles. The number of carbonyl (C=O) groups is 5. The third kappa shape index (κ3) is 5.61. The molecular formula is C46H35ClFN3O6. The van der Waals surface area contributed by atoms with E-state index in [2.05, 4.69) is 5.43 Å². The van der Waals surface area contributed by atoms with Gasteiger partial charge in [-0.25, -0.2) is 4.39 Å². The monoisotopic (exact) mass is 779 g/mol. The molecule has 9 nitrogen and oxygen atoms in total. The Hall–Kier alpha value is -6.39. The van der Waals surface area contributed by atoms with Gasteiger partial charge in [0.1, 0.15) is 11.6 Å². The fraction of sp³-hybridized carbons (Fsp3) is 0.196. The van der Waals surface area contributed by atoms with Crippen molar-refractivity contribution in [1.82, 2.24) is 5.01 Å². The van der Waals surface area contributed by atoms with Gasteiger partial charge in [-0.3, -0.25) is 34.3 Å². The number of phenolic OH excluding ortho intramolecular Hbond substituents is 1. The van der Waals surface area contributed by atoms with Crippen LogP contribution in [0.4, 0.5) is 15.8 Å². The van der Waals surface area contributed by atoms with Crippen LogP contribution >= 0.6 is 11.6 Å². The fourth-order valence-corrected chi connectivity index (χ4v) is 9.79. The largest absolute Gasteiger partial charge is 0.508 e. The highest BCUT2D eigenvalue weighted by Crippen LogP contribution is 2.64. The number of phenols is 1. The molecule has 0 aromatic heterocycles. The number of rotatable bonds is 7. The van der Waals surface area contributed by atoms with Crippen molar-refractivity contribution < 1.29 is 33.5 Å². The lowest BCUT2D eigenvalue weighted by Crippen LogP contribution is -2.53. The topological polar surface area (TPSA) is 124 Å². The number of benzene rings is 5. The van der Waals surface area contributed by atoms with E-state index in [1.807, 2.05) is 12.1 Å². The van der Waals surface area contributed by atoms with Crippen LogP contribution in [0.3, 0.4) is 0 Å². The number of halogens is 2. The van der Waals surface area contributed by atoms with Crippen LogP contribution < -0.4 is 10.3 Å². The van der Waals surface area contributed by atoms with Crippen molar-refractivity contribution in [3.63, 3.8) is 0 Å².